The molecular formula is C17H20N2O2S. The van der Waals surface area contributed by atoms with Gasteiger partial charge in [0.2, 0.25) is 5.91 Å². The van der Waals surface area contributed by atoms with Crippen molar-refractivity contribution in [3.63, 3.8) is 0 Å². The molecule has 116 valence electrons. The summed E-state index contributed by atoms with van der Waals surface area (Å²) < 4.78 is 1.94. The number of hydrogen-bond acceptors (Lipinski definition) is 3. The predicted molar refractivity (Wildman–Crippen MR) is 91.4 cm³/mol. The Kier molecular flexibility index (Phi) is 4.52. The molecule has 1 amide bonds. The van der Waals surface area contributed by atoms with Crippen molar-refractivity contribution in [2.24, 2.45) is 0 Å². The van der Waals surface area contributed by atoms with Crippen LogP contribution in [0, 0.1) is 0 Å². The van der Waals surface area contributed by atoms with Crippen LogP contribution in [0.3, 0.4) is 0 Å². The summed E-state index contributed by atoms with van der Waals surface area (Å²) in [6.45, 7) is 2.98. The van der Waals surface area contributed by atoms with Gasteiger partial charge in [-0.15, -0.1) is 0 Å². The molecule has 5 heteroatoms. The van der Waals surface area contributed by atoms with Gasteiger partial charge in [0.1, 0.15) is 0 Å². The van der Waals surface area contributed by atoms with E-state index in [1.54, 1.807) is 11.8 Å². The first-order valence-electron chi connectivity index (χ1n) is 7.63. The molecule has 0 spiro atoms. The van der Waals surface area contributed by atoms with Crippen LogP contribution in [-0.4, -0.2) is 22.8 Å². The van der Waals surface area contributed by atoms with Gasteiger partial charge in [-0.2, -0.15) is 11.8 Å². The third-order valence-corrected chi connectivity index (χ3v) is 4.98. The summed E-state index contributed by atoms with van der Waals surface area (Å²) >= 11 is 1.68. The lowest BCUT2D eigenvalue weighted by Crippen LogP contribution is -2.27. The van der Waals surface area contributed by atoms with Gasteiger partial charge in [0.25, 0.3) is 5.56 Å². The zero-order valence-electron chi connectivity index (χ0n) is 12.7. The van der Waals surface area contributed by atoms with Crippen molar-refractivity contribution < 1.29 is 4.79 Å². The highest BCUT2D eigenvalue weighted by molar-refractivity contribution is 7.98. The highest BCUT2D eigenvalue weighted by Crippen LogP contribution is 2.24. The van der Waals surface area contributed by atoms with E-state index in [9.17, 15) is 9.59 Å². The fraction of sp³-hybridized carbons (Fsp3) is 0.412. The monoisotopic (exact) mass is 316 g/mol. The number of aryl methyl sites for hydroxylation is 2. The molecule has 1 aliphatic rings. The number of nitrogens with one attached hydrogen (secondary N) is 1. The molecule has 0 radical (unpaired) electrons. The minimum Gasteiger partial charge on any atom is -0.356 e. The number of carbonyl (C=O) groups is 1. The maximum atomic E-state index is 12.7. The summed E-state index contributed by atoms with van der Waals surface area (Å²) in [5.41, 5.74) is 3.41. The highest BCUT2D eigenvalue weighted by Gasteiger charge is 2.15. The number of rotatable bonds is 5. The number of benzene rings is 1. The third kappa shape index (κ3) is 3.04. The fourth-order valence-electron chi connectivity index (χ4n) is 3.01. The summed E-state index contributed by atoms with van der Waals surface area (Å²) in [6, 6.07) is 8.32. The van der Waals surface area contributed by atoms with Crippen molar-refractivity contribution in [1.82, 2.24) is 9.88 Å². The SMILES string of the molecule is CC(=O)NCCSCc1cc2cccc3c2n(c1=O)CCC3. The lowest BCUT2D eigenvalue weighted by Gasteiger charge is -2.20. The molecule has 0 saturated carbocycles. The van der Waals surface area contributed by atoms with Crippen LogP contribution in [0.15, 0.2) is 29.1 Å². The number of thioether (sulfide) groups is 1. The number of hydrogen-bond donors (Lipinski definition) is 1. The van der Waals surface area contributed by atoms with E-state index in [0.717, 1.165) is 41.6 Å². The average molecular weight is 316 g/mol. The van der Waals surface area contributed by atoms with Crippen LogP contribution in [0.25, 0.3) is 10.9 Å². The van der Waals surface area contributed by atoms with Gasteiger partial charge >= 0.3 is 0 Å². The van der Waals surface area contributed by atoms with Crippen LogP contribution in [0.1, 0.15) is 24.5 Å². The molecule has 1 aromatic carbocycles. The molecule has 2 heterocycles. The third-order valence-electron chi connectivity index (χ3n) is 3.98. The summed E-state index contributed by atoms with van der Waals surface area (Å²) in [5.74, 6) is 1.50. The lowest BCUT2D eigenvalue weighted by atomic mass is 10.0. The first kappa shape index (κ1) is 15.2. The van der Waals surface area contributed by atoms with Crippen molar-refractivity contribution in [3.05, 3.63) is 45.7 Å². The first-order chi connectivity index (χ1) is 10.7. The number of para-hydroxylation sites is 1. The van der Waals surface area contributed by atoms with E-state index in [4.69, 9.17) is 0 Å². The number of carbonyl (C=O) groups excluding carboxylic acids is 1. The number of pyridine rings is 1. The van der Waals surface area contributed by atoms with Crippen LogP contribution in [-0.2, 0) is 23.5 Å². The van der Waals surface area contributed by atoms with Crippen molar-refractivity contribution in [2.45, 2.75) is 32.1 Å². The standard InChI is InChI=1S/C17H20N2O2S/c1-12(20)18-7-9-22-11-15-10-14-5-2-4-13-6-3-8-19(16(13)14)17(15)21/h2,4-5,10H,3,6-9,11H2,1H3,(H,18,20). The van der Waals surface area contributed by atoms with Crippen LogP contribution in [0.5, 0.6) is 0 Å². The van der Waals surface area contributed by atoms with E-state index in [-0.39, 0.29) is 11.5 Å². The normalized spacial score (nSPS) is 13.3. The average Bonchev–Trinajstić information content (AvgIpc) is 2.51. The van der Waals surface area contributed by atoms with Gasteiger partial charge in [0, 0.05) is 37.1 Å². The lowest BCUT2D eigenvalue weighted by molar-refractivity contribution is -0.118. The van der Waals surface area contributed by atoms with E-state index < -0.39 is 0 Å². The van der Waals surface area contributed by atoms with Gasteiger partial charge in [-0.3, -0.25) is 9.59 Å². The zero-order chi connectivity index (χ0) is 15.5. The van der Waals surface area contributed by atoms with Crippen molar-refractivity contribution >= 4 is 28.6 Å². The van der Waals surface area contributed by atoms with Crippen molar-refractivity contribution in [1.29, 1.82) is 0 Å². The fourth-order valence-corrected chi connectivity index (χ4v) is 3.83. The molecule has 0 fully saturated rings. The molecule has 22 heavy (non-hydrogen) atoms. The van der Waals surface area contributed by atoms with Gasteiger partial charge in [-0.25, -0.2) is 0 Å². The molecule has 1 N–H and O–H groups in total. The minimum atomic E-state index is -0.0108. The zero-order valence-corrected chi connectivity index (χ0v) is 13.5. The van der Waals surface area contributed by atoms with Gasteiger partial charge in [-0.05, 0) is 29.9 Å². The Balaban J connectivity index is 1.81. The Labute approximate surface area is 133 Å². The molecule has 1 aliphatic heterocycles. The maximum Gasteiger partial charge on any atom is 0.255 e. The molecule has 0 saturated heterocycles. The second kappa shape index (κ2) is 6.57. The van der Waals surface area contributed by atoms with Crippen molar-refractivity contribution in [2.75, 3.05) is 12.3 Å². The second-order valence-electron chi connectivity index (χ2n) is 5.62. The summed E-state index contributed by atoms with van der Waals surface area (Å²) in [7, 11) is 0. The molecular weight excluding hydrogens is 296 g/mol. The largest absolute Gasteiger partial charge is 0.356 e. The van der Waals surface area contributed by atoms with Gasteiger partial charge < -0.3 is 9.88 Å². The Hall–Kier alpha value is -1.75. The van der Waals surface area contributed by atoms with E-state index in [2.05, 4.69) is 23.5 Å². The Morgan fingerprint density at radius 3 is 3.09 bits per heavy atom. The molecule has 0 aliphatic carbocycles. The van der Waals surface area contributed by atoms with Gasteiger partial charge in [0.05, 0.1) is 5.52 Å². The number of aromatic nitrogens is 1. The predicted octanol–water partition coefficient (Wildman–Crippen LogP) is 2.32. The quantitative estimate of drug-likeness (QED) is 0.861. The molecule has 3 rings (SSSR count). The van der Waals surface area contributed by atoms with E-state index in [1.807, 2.05) is 10.6 Å². The Morgan fingerprint density at radius 2 is 2.27 bits per heavy atom. The van der Waals surface area contributed by atoms with Crippen LogP contribution in [0.2, 0.25) is 0 Å². The summed E-state index contributed by atoms with van der Waals surface area (Å²) in [4.78, 5) is 23.5. The highest BCUT2D eigenvalue weighted by atomic mass is 32.2. The molecule has 2 aromatic rings. The van der Waals surface area contributed by atoms with Gasteiger partial charge in [0.15, 0.2) is 0 Å². The number of amides is 1. The van der Waals surface area contributed by atoms with Gasteiger partial charge in [-0.1, -0.05) is 18.2 Å². The first-order valence-corrected chi connectivity index (χ1v) is 8.79. The molecule has 0 bridgehead atoms. The van der Waals surface area contributed by atoms with Crippen LogP contribution >= 0.6 is 11.8 Å². The number of nitrogens with zero attached hydrogens (tertiary/aromatic N) is 1. The molecule has 1 aromatic heterocycles. The van der Waals surface area contributed by atoms with E-state index in [1.165, 1.54) is 12.5 Å². The van der Waals surface area contributed by atoms with Crippen LogP contribution < -0.4 is 10.9 Å². The smallest absolute Gasteiger partial charge is 0.255 e. The molecule has 4 nitrogen and oxygen atoms in total. The summed E-state index contributed by atoms with van der Waals surface area (Å²) in [6.07, 6.45) is 2.09. The van der Waals surface area contributed by atoms with Crippen LogP contribution in [0.4, 0.5) is 0 Å². The maximum absolute atomic E-state index is 12.7. The molecule has 0 atom stereocenters. The molecule has 0 unspecified atom stereocenters. The Morgan fingerprint density at radius 1 is 1.41 bits per heavy atom. The second-order valence-corrected chi connectivity index (χ2v) is 6.73. The van der Waals surface area contributed by atoms with E-state index >= 15 is 0 Å². The van der Waals surface area contributed by atoms with Crippen molar-refractivity contribution in [3.8, 4) is 0 Å². The minimum absolute atomic E-state index is 0.0108. The van der Waals surface area contributed by atoms with E-state index in [0.29, 0.717) is 12.3 Å². The Bertz CT molecular complexity index is 767. The summed E-state index contributed by atoms with van der Waals surface area (Å²) in [5, 5.41) is 3.93. The topological polar surface area (TPSA) is 51.1 Å².